The molecule has 2 atom stereocenters. The van der Waals surface area contributed by atoms with E-state index in [1.807, 2.05) is 20.8 Å². The van der Waals surface area contributed by atoms with Crippen molar-refractivity contribution in [3.8, 4) is 0 Å². The first-order valence-corrected chi connectivity index (χ1v) is 7.75. The van der Waals surface area contributed by atoms with Crippen LogP contribution in [0.5, 0.6) is 0 Å². The van der Waals surface area contributed by atoms with Crippen molar-refractivity contribution in [1.82, 2.24) is 5.32 Å². The van der Waals surface area contributed by atoms with Crippen molar-refractivity contribution >= 4 is 18.3 Å². The van der Waals surface area contributed by atoms with Gasteiger partial charge in [-0.3, -0.25) is 4.79 Å². The van der Waals surface area contributed by atoms with Crippen LogP contribution in [0.3, 0.4) is 0 Å². The Hall–Kier alpha value is -1.17. The summed E-state index contributed by atoms with van der Waals surface area (Å²) in [5.41, 5.74) is 5.54. The molecule has 0 spiro atoms. The van der Waals surface area contributed by atoms with E-state index in [2.05, 4.69) is 5.32 Å². The molecule has 6 heteroatoms. The van der Waals surface area contributed by atoms with E-state index in [1.54, 1.807) is 18.2 Å². The van der Waals surface area contributed by atoms with Crippen molar-refractivity contribution in [3.63, 3.8) is 0 Å². The van der Waals surface area contributed by atoms with Gasteiger partial charge in [-0.05, 0) is 25.0 Å². The van der Waals surface area contributed by atoms with Crippen LogP contribution < -0.4 is 11.1 Å². The highest BCUT2D eigenvalue weighted by Gasteiger charge is 2.62. The Morgan fingerprint density at radius 3 is 2.65 bits per heavy atom. The summed E-state index contributed by atoms with van der Waals surface area (Å²) < 4.78 is 19.1. The molecule has 1 amide bonds. The topological polar surface area (TPSA) is 64.3 Å². The summed E-state index contributed by atoms with van der Waals surface area (Å²) in [5.74, 6) is -0.440. The lowest BCUT2D eigenvalue weighted by Gasteiger charge is -2.57. The molecule has 1 aliphatic rings. The number of benzene rings is 1. The summed E-state index contributed by atoms with van der Waals surface area (Å²) in [4.78, 5) is 12.4. The molecule has 0 bridgehead atoms. The standard InChI is InChI=1S/C17H25FN2O2.ClH/c1-4-22-14-11-17(19,16(14,2)3)15(21)20-10-9-12-7-5-6-8-13(12)18;/h5-8,14H,4,9-11,19H2,1-3H3,(H,20,21);1H. The average Bonchev–Trinajstić information content (AvgIpc) is 2.48. The van der Waals surface area contributed by atoms with Crippen LogP contribution in [0.4, 0.5) is 4.39 Å². The average molecular weight is 345 g/mol. The minimum atomic E-state index is -0.929. The largest absolute Gasteiger partial charge is 0.378 e. The lowest BCUT2D eigenvalue weighted by atomic mass is 9.54. The van der Waals surface area contributed by atoms with E-state index in [4.69, 9.17) is 10.5 Å². The fourth-order valence-electron chi connectivity index (χ4n) is 2.99. The first kappa shape index (κ1) is 19.9. The Bertz CT molecular complexity index is 553. The van der Waals surface area contributed by atoms with Crippen molar-refractivity contribution in [2.45, 2.75) is 45.3 Å². The minimum absolute atomic E-state index is 0. The first-order valence-electron chi connectivity index (χ1n) is 7.75. The Morgan fingerprint density at radius 2 is 2.09 bits per heavy atom. The van der Waals surface area contributed by atoms with Gasteiger partial charge in [-0.15, -0.1) is 12.4 Å². The SMILES string of the molecule is CCOC1CC(N)(C(=O)NCCc2ccccc2F)C1(C)C.Cl. The molecular formula is C17H26ClFN2O2. The van der Waals surface area contributed by atoms with Gasteiger partial charge < -0.3 is 15.8 Å². The smallest absolute Gasteiger partial charge is 0.240 e. The molecular weight excluding hydrogens is 319 g/mol. The van der Waals surface area contributed by atoms with Gasteiger partial charge in [-0.1, -0.05) is 32.0 Å². The van der Waals surface area contributed by atoms with Crippen LogP contribution in [0.15, 0.2) is 24.3 Å². The van der Waals surface area contributed by atoms with E-state index in [-0.39, 0.29) is 30.2 Å². The van der Waals surface area contributed by atoms with E-state index in [0.29, 0.717) is 31.6 Å². The number of amides is 1. The third-order valence-electron chi connectivity index (χ3n) is 4.87. The molecule has 0 aliphatic heterocycles. The fraction of sp³-hybridized carbons (Fsp3) is 0.588. The maximum Gasteiger partial charge on any atom is 0.240 e. The number of hydrogen-bond acceptors (Lipinski definition) is 3. The Balaban J connectivity index is 0.00000264. The van der Waals surface area contributed by atoms with Crippen molar-refractivity contribution < 1.29 is 13.9 Å². The van der Waals surface area contributed by atoms with Crippen LogP contribution in [0.1, 0.15) is 32.8 Å². The lowest BCUT2D eigenvalue weighted by molar-refractivity contribution is -0.170. The normalized spacial score (nSPS) is 25.2. The van der Waals surface area contributed by atoms with Gasteiger partial charge in [-0.2, -0.15) is 0 Å². The lowest BCUT2D eigenvalue weighted by Crippen LogP contribution is -2.75. The molecule has 2 rings (SSSR count). The predicted molar refractivity (Wildman–Crippen MR) is 91.1 cm³/mol. The van der Waals surface area contributed by atoms with Gasteiger partial charge in [0, 0.05) is 25.0 Å². The molecule has 1 aliphatic carbocycles. The number of carbonyl (C=O) groups excluding carboxylic acids is 1. The molecule has 1 saturated carbocycles. The number of hydrogen-bond donors (Lipinski definition) is 2. The second-order valence-electron chi connectivity index (χ2n) is 6.44. The molecule has 0 radical (unpaired) electrons. The summed E-state index contributed by atoms with van der Waals surface area (Å²) in [6.45, 7) is 6.81. The van der Waals surface area contributed by atoms with Gasteiger partial charge in [0.2, 0.25) is 5.91 Å². The molecule has 1 aromatic rings. The first-order chi connectivity index (χ1) is 10.3. The van der Waals surface area contributed by atoms with Crippen LogP contribution in [-0.4, -0.2) is 30.7 Å². The second kappa shape index (κ2) is 7.60. The van der Waals surface area contributed by atoms with E-state index in [0.717, 1.165) is 0 Å². The third-order valence-corrected chi connectivity index (χ3v) is 4.87. The summed E-state index contributed by atoms with van der Waals surface area (Å²) in [5, 5.41) is 2.83. The van der Waals surface area contributed by atoms with Gasteiger partial charge in [0.15, 0.2) is 0 Å². The van der Waals surface area contributed by atoms with Crippen LogP contribution >= 0.6 is 12.4 Å². The maximum atomic E-state index is 13.5. The summed E-state index contributed by atoms with van der Waals surface area (Å²) in [6, 6.07) is 6.57. The van der Waals surface area contributed by atoms with Crippen LogP contribution in [0.25, 0.3) is 0 Å². The highest BCUT2D eigenvalue weighted by molar-refractivity contribution is 5.88. The molecule has 3 N–H and O–H groups in total. The number of nitrogens with one attached hydrogen (secondary N) is 1. The molecule has 0 heterocycles. The van der Waals surface area contributed by atoms with Gasteiger partial charge in [0.1, 0.15) is 11.4 Å². The molecule has 23 heavy (non-hydrogen) atoms. The van der Waals surface area contributed by atoms with E-state index in [1.165, 1.54) is 6.07 Å². The number of carbonyl (C=O) groups is 1. The van der Waals surface area contributed by atoms with Crippen molar-refractivity contribution in [1.29, 1.82) is 0 Å². The molecule has 1 fully saturated rings. The monoisotopic (exact) mass is 344 g/mol. The number of ether oxygens (including phenoxy) is 1. The van der Waals surface area contributed by atoms with Crippen molar-refractivity contribution in [3.05, 3.63) is 35.6 Å². The highest BCUT2D eigenvalue weighted by atomic mass is 35.5. The zero-order chi connectivity index (χ0) is 16.4. The predicted octanol–water partition coefficient (Wildman–Crippen LogP) is 2.44. The molecule has 4 nitrogen and oxygen atoms in total. The van der Waals surface area contributed by atoms with Crippen molar-refractivity contribution in [2.24, 2.45) is 11.1 Å². The Morgan fingerprint density at radius 1 is 1.43 bits per heavy atom. The van der Waals surface area contributed by atoms with Gasteiger partial charge >= 0.3 is 0 Å². The minimum Gasteiger partial charge on any atom is -0.378 e. The van der Waals surface area contributed by atoms with Crippen LogP contribution in [0.2, 0.25) is 0 Å². The van der Waals surface area contributed by atoms with E-state index >= 15 is 0 Å². The zero-order valence-electron chi connectivity index (χ0n) is 13.9. The van der Waals surface area contributed by atoms with Crippen LogP contribution in [0, 0.1) is 11.2 Å². The molecule has 0 aromatic heterocycles. The Kier molecular flexibility index (Phi) is 6.57. The third kappa shape index (κ3) is 3.67. The number of rotatable bonds is 6. The van der Waals surface area contributed by atoms with E-state index in [9.17, 15) is 9.18 Å². The quantitative estimate of drug-likeness (QED) is 0.833. The fourth-order valence-corrected chi connectivity index (χ4v) is 2.99. The molecule has 130 valence electrons. The summed E-state index contributed by atoms with van der Waals surface area (Å²) in [7, 11) is 0. The van der Waals surface area contributed by atoms with Gasteiger partial charge in [-0.25, -0.2) is 4.39 Å². The zero-order valence-corrected chi connectivity index (χ0v) is 14.7. The van der Waals surface area contributed by atoms with Crippen LogP contribution in [-0.2, 0) is 16.0 Å². The number of nitrogens with two attached hydrogens (primary N) is 1. The maximum absolute atomic E-state index is 13.5. The molecule has 1 aromatic carbocycles. The van der Waals surface area contributed by atoms with Crippen molar-refractivity contribution in [2.75, 3.05) is 13.2 Å². The molecule has 0 saturated heterocycles. The van der Waals surface area contributed by atoms with Gasteiger partial charge in [0.05, 0.1) is 6.10 Å². The summed E-state index contributed by atoms with van der Waals surface area (Å²) >= 11 is 0. The Labute approximate surface area is 143 Å². The number of halogens is 2. The van der Waals surface area contributed by atoms with E-state index < -0.39 is 11.0 Å². The summed E-state index contributed by atoms with van der Waals surface area (Å²) in [6.07, 6.45) is 0.961. The molecule has 2 unspecified atom stereocenters. The van der Waals surface area contributed by atoms with Gasteiger partial charge in [0.25, 0.3) is 0 Å². The second-order valence-corrected chi connectivity index (χ2v) is 6.44. The highest BCUT2D eigenvalue weighted by Crippen LogP contribution is 2.49.